The second kappa shape index (κ2) is 7.20. The molecule has 7 heteroatoms. The number of benzene rings is 2. The van der Waals surface area contributed by atoms with Crippen LogP contribution >= 0.6 is 0 Å². The number of phenolic OH excluding ortho intramolecular Hbond substituents is 2. The number of ketones is 2. The van der Waals surface area contributed by atoms with Crippen LogP contribution in [0.5, 0.6) is 11.5 Å². The van der Waals surface area contributed by atoms with E-state index in [2.05, 4.69) is 13.2 Å². The lowest BCUT2D eigenvalue weighted by Gasteiger charge is -2.11. The van der Waals surface area contributed by atoms with Crippen molar-refractivity contribution in [2.45, 2.75) is 23.6 Å². The second-order valence-corrected chi connectivity index (χ2v) is 7.97. The summed E-state index contributed by atoms with van der Waals surface area (Å²) in [4.78, 5) is 22.8. The first-order valence-corrected chi connectivity index (χ1v) is 9.26. The van der Waals surface area contributed by atoms with Crippen LogP contribution in [-0.4, -0.2) is 30.2 Å². The van der Waals surface area contributed by atoms with Gasteiger partial charge in [-0.2, -0.15) is 0 Å². The summed E-state index contributed by atoms with van der Waals surface area (Å²) in [6.07, 6.45) is 0. The molecule has 0 amide bonds. The first-order chi connectivity index (χ1) is 12.5. The molecule has 0 atom stereocenters. The summed E-state index contributed by atoms with van der Waals surface area (Å²) >= 11 is 0. The van der Waals surface area contributed by atoms with Crippen LogP contribution < -0.4 is 0 Å². The van der Waals surface area contributed by atoms with Crippen LogP contribution in [-0.2, 0) is 9.84 Å². The van der Waals surface area contributed by atoms with Crippen molar-refractivity contribution in [3.05, 3.63) is 71.8 Å². The first-order valence-electron chi connectivity index (χ1n) is 7.78. The number of hydrogen-bond acceptors (Lipinski definition) is 6. The van der Waals surface area contributed by atoms with E-state index in [4.69, 9.17) is 0 Å². The van der Waals surface area contributed by atoms with Gasteiger partial charge in [-0.05, 0) is 61.4 Å². The normalized spacial score (nSPS) is 11.0. The maximum Gasteiger partial charge on any atom is 0.213 e. The minimum Gasteiger partial charge on any atom is -0.507 e. The van der Waals surface area contributed by atoms with Crippen molar-refractivity contribution in [1.29, 1.82) is 0 Å². The van der Waals surface area contributed by atoms with Gasteiger partial charge in [-0.3, -0.25) is 9.59 Å². The number of hydrogen-bond donors (Lipinski definition) is 2. The van der Waals surface area contributed by atoms with Gasteiger partial charge in [0.25, 0.3) is 0 Å². The van der Waals surface area contributed by atoms with E-state index in [1.807, 2.05) is 0 Å². The van der Waals surface area contributed by atoms with E-state index in [0.29, 0.717) is 0 Å². The number of carbonyl (C=O) groups excluding carboxylic acids is 2. The highest BCUT2D eigenvalue weighted by Crippen LogP contribution is 2.34. The van der Waals surface area contributed by atoms with Crippen LogP contribution in [0, 0.1) is 0 Å². The van der Waals surface area contributed by atoms with Crippen LogP contribution in [0.3, 0.4) is 0 Å². The van der Waals surface area contributed by atoms with Gasteiger partial charge in [-0.15, -0.1) is 0 Å². The molecule has 0 fully saturated rings. The standard InChI is InChI=1S/C20H18O6S/c1-11(2)19(23)13-5-7-17(15(21)9-13)27(25,26)18-8-6-14(10-16(18)22)20(24)12(3)4/h5-10,21-22H,1,3H2,2,4H3. The van der Waals surface area contributed by atoms with Gasteiger partial charge < -0.3 is 10.2 Å². The van der Waals surface area contributed by atoms with Gasteiger partial charge in [0.15, 0.2) is 11.6 Å². The SMILES string of the molecule is C=C(C)C(=O)c1ccc(S(=O)(=O)c2ccc(C(=O)C(=C)C)cc2O)c(O)c1. The Hall–Kier alpha value is -3.19. The second-order valence-electron chi connectivity index (χ2n) is 6.09. The molecule has 6 nitrogen and oxygen atoms in total. The van der Waals surface area contributed by atoms with Crippen LogP contribution in [0.1, 0.15) is 34.6 Å². The maximum atomic E-state index is 12.8. The predicted octanol–water partition coefficient (Wildman–Crippen LogP) is 3.45. The van der Waals surface area contributed by atoms with E-state index < -0.39 is 42.7 Å². The van der Waals surface area contributed by atoms with Gasteiger partial charge in [0, 0.05) is 11.1 Å². The molecule has 0 saturated carbocycles. The molecular formula is C20H18O6S. The minimum absolute atomic E-state index is 0.0885. The topological polar surface area (TPSA) is 109 Å². The molecular weight excluding hydrogens is 368 g/mol. The Morgan fingerprint density at radius 2 is 1.11 bits per heavy atom. The zero-order valence-corrected chi connectivity index (χ0v) is 15.6. The molecule has 0 aliphatic carbocycles. The smallest absolute Gasteiger partial charge is 0.213 e. The monoisotopic (exact) mass is 386 g/mol. The molecule has 2 aromatic rings. The molecule has 0 aliphatic rings. The number of phenols is 2. The molecule has 2 aromatic carbocycles. The van der Waals surface area contributed by atoms with Gasteiger partial charge >= 0.3 is 0 Å². The van der Waals surface area contributed by atoms with Crippen LogP contribution in [0.2, 0.25) is 0 Å². The fourth-order valence-electron chi connectivity index (χ4n) is 2.38. The lowest BCUT2D eigenvalue weighted by molar-refractivity contribution is 0.102. The number of Topliss-reactive ketones (excluding diaryl/α,β-unsaturated/α-hetero) is 2. The molecule has 0 aliphatic heterocycles. The summed E-state index contributed by atoms with van der Waals surface area (Å²) in [7, 11) is -4.29. The number of rotatable bonds is 6. The average molecular weight is 386 g/mol. The third-order valence-corrected chi connectivity index (χ3v) is 5.65. The summed E-state index contributed by atoms with van der Waals surface area (Å²) in [6, 6.07) is 6.71. The first kappa shape index (κ1) is 20.1. The van der Waals surface area contributed by atoms with Crippen molar-refractivity contribution in [2.75, 3.05) is 0 Å². The van der Waals surface area contributed by atoms with Crippen molar-refractivity contribution in [3.8, 4) is 11.5 Å². The van der Waals surface area contributed by atoms with Gasteiger partial charge in [-0.25, -0.2) is 8.42 Å². The van der Waals surface area contributed by atoms with Crippen molar-refractivity contribution in [2.24, 2.45) is 0 Å². The van der Waals surface area contributed by atoms with Gasteiger partial charge in [0.1, 0.15) is 21.3 Å². The Labute approximate surface area is 157 Å². The number of aromatic hydroxyl groups is 2. The molecule has 0 unspecified atom stereocenters. The summed E-state index contributed by atoms with van der Waals surface area (Å²) in [5, 5.41) is 20.2. The third kappa shape index (κ3) is 3.83. The molecule has 0 saturated heterocycles. The Balaban J connectivity index is 2.53. The van der Waals surface area contributed by atoms with E-state index >= 15 is 0 Å². The van der Waals surface area contributed by atoms with E-state index in [-0.39, 0.29) is 22.3 Å². The van der Waals surface area contributed by atoms with Crippen LogP contribution in [0.25, 0.3) is 0 Å². The fourth-order valence-corrected chi connectivity index (χ4v) is 3.78. The van der Waals surface area contributed by atoms with Crippen molar-refractivity contribution >= 4 is 21.4 Å². The highest BCUT2D eigenvalue weighted by Gasteiger charge is 2.26. The van der Waals surface area contributed by atoms with Crippen molar-refractivity contribution in [1.82, 2.24) is 0 Å². The molecule has 0 spiro atoms. The largest absolute Gasteiger partial charge is 0.507 e. The zero-order chi connectivity index (χ0) is 20.5. The number of allylic oxidation sites excluding steroid dienone is 2. The van der Waals surface area contributed by atoms with E-state index in [1.165, 1.54) is 26.0 Å². The summed E-state index contributed by atoms with van der Waals surface area (Å²) < 4.78 is 25.6. The molecule has 0 bridgehead atoms. The van der Waals surface area contributed by atoms with Crippen molar-refractivity contribution < 1.29 is 28.2 Å². The lowest BCUT2D eigenvalue weighted by Crippen LogP contribution is -2.06. The Morgan fingerprint density at radius 3 is 1.37 bits per heavy atom. The Kier molecular flexibility index (Phi) is 5.37. The van der Waals surface area contributed by atoms with Gasteiger partial charge in [-0.1, -0.05) is 13.2 Å². The molecule has 0 heterocycles. The Morgan fingerprint density at radius 1 is 0.778 bits per heavy atom. The van der Waals surface area contributed by atoms with Crippen LogP contribution in [0.15, 0.2) is 70.5 Å². The summed E-state index contributed by atoms with van der Waals surface area (Å²) in [6.45, 7) is 10.0. The van der Waals surface area contributed by atoms with Gasteiger partial charge in [0.2, 0.25) is 9.84 Å². The molecule has 0 radical (unpaired) electrons. The molecule has 140 valence electrons. The molecule has 2 N–H and O–H groups in total. The van der Waals surface area contributed by atoms with Crippen LogP contribution in [0.4, 0.5) is 0 Å². The average Bonchev–Trinajstić information content (AvgIpc) is 2.59. The van der Waals surface area contributed by atoms with E-state index in [0.717, 1.165) is 24.3 Å². The summed E-state index contributed by atoms with van der Waals surface area (Å²) in [5.41, 5.74) is 0.650. The third-order valence-electron chi connectivity index (χ3n) is 3.80. The molecule has 0 aromatic heterocycles. The van der Waals surface area contributed by atoms with Crippen molar-refractivity contribution in [3.63, 3.8) is 0 Å². The molecule has 2 rings (SSSR count). The van der Waals surface area contributed by atoms with E-state index in [1.54, 1.807) is 0 Å². The maximum absolute atomic E-state index is 12.8. The number of sulfone groups is 1. The Bertz CT molecular complexity index is 1010. The highest BCUT2D eigenvalue weighted by molar-refractivity contribution is 7.91. The molecule has 27 heavy (non-hydrogen) atoms. The summed E-state index contributed by atoms with van der Waals surface area (Å²) in [5.74, 6) is -2.13. The lowest BCUT2D eigenvalue weighted by atomic mass is 10.1. The fraction of sp³-hybridized carbons (Fsp3) is 0.100. The predicted molar refractivity (Wildman–Crippen MR) is 100.0 cm³/mol. The quantitative estimate of drug-likeness (QED) is 0.581. The van der Waals surface area contributed by atoms with Gasteiger partial charge in [0.05, 0.1) is 0 Å². The number of carbonyl (C=O) groups is 2. The zero-order valence-electron chi connectivity index (χ0n) is 14.8. The highest BCUT2D eigenvalue weighted by atomic mass is 32.2. The minimum atomic E-state index is -4.29. The van der Waals surface area contributed by atoms with E-state index in [9.17, 15) is 28.2 Å².